The monoisotopic (exact) mass is 483 g/mol. The van der Waals surface area contributed by atoms with Crippen molar-refractivity contribution in [2.45, 2.75) is 13.6 Å². The van der Waals surface area contributed by atoms with Crippen molar-refractivity contribution in [1.29, 1.82) is 0 Å². The number of carbonyl (C=O) groups excluding carboxylic acids is 1. The van der Waals surface area contributed by atoms with Crippen LogP contribution in [0, 0.1) is 12.7 Å². The number of amides is 1. The Morgan fingerprint density at radius 2 is 1.91 bits per heavy atom. The average Bonchev–Trinajstić information content (AvgIpc) is 3.26. The molecule has 174 valence electrons. The lowest BCUT2D eigenvalue weighted by atomic mass is 9.98. The number of rotatable bonds is 7. The van der Waals surface area contributed by atoms with Gasteiger partial charge in [0.05, 0.1) is 11.9 Å². The topological polar surface area (TPSA) is 108 Å². The smallest absolute Gasteiger partial charge is 0.251 e. The summed E-state index contributed by atoms with van der Waals surface area (Å²) in [6.07, 6.45) is 1.36. The van der Waals surface area contributed by atoms with Crippen LogP contribution in [0.2, 0.25) is 5.02 Å². The SMILES string of the molecule is CNC(=O)c1ccc(-c2cc(F)c(Nc3ncc(Cl)c(Nc4cc(C)[nH]n4)n3)cc2CF)cc1. The van der Waals surface area contributed by atoms with Gasteiger partial charge < -0.3 is 16.0 Å². The highest BCUT2D eigenvalue weighted by Crippen LogP contribution is 2.32. The molecular formula is C23H20ClF2N7O. The van der Waals surface area contributed by atoms with Crippen molar-refractivity contribution in [3.63, 3.8) is 0 Å². The number of benzene rings is 2. The van der Waals surface area contributed by atoms with Crippen molar-refractivity contribution >= 4 is 40.8 Å². The molecule has 0 spiro atoms. The van der Waals surface area contributed by atoms with E-state index in [1.807, 2.05) is 6.92 Å². The molecule has 0 radical (unpaired) electrons. The molecule has 0 fully saturated rings. The van der Waals surface area contributed by atoms with Crippen LogP contribution in [-0.2, 0) is 6.67 Å². The Kier molecular flexibility index (Phi) is 6.69. The molecule has 0 aliphatic heterocycles. The first-order valence-corrected chi connectivity index (χ1v) is 10.5. The normalized spacial score (nSPS) is 10.7. The standard InChI is InChI=1S/C23H20ClF2N7O/c1-12-7-20(33-32-12)30-21-17(24)11-28-23(31-21)29-19-8-15(10-25)16(9-18(19)26)13-3-5-14(6-4-13)22(34)27-2/h3-9,11H,10H2,1-2H3,(H,27,34)(H3,28,29,30,31,32,33). The van der Waals surface area contributed by atoms with Crippen LogP contribution in [0.3, 0.4) is 0 Å². The van der Waals surface area contributed by atoms with Crippen molar-refractivity contribution in [2.24, 2.45) is 0 Å². The van der Waals surface area contributed by atoms with E-state index in [0.717, 1.165) is 5.69 Å². The maximum atomic E-state index is 15.0. The van der Waals surface area contributed by atoms with E-state index in [1.165, 1.54) is 25.4 Å². The summed E-state index contributed by atoms with van der Waals surface area (Å²) in [6.45, 7) is 1.02. The Balaban J connectivity index is 1.61. The quantitative estimate of drug-likeness (QED) is 0.285. The molecule has 1 amide bonds. The van der Waals surface area contributed by atoms with E-state index >= 15 is 0 Å². The number of nitrogens with one attached hydrogen (secondary N) is 4. The van der Waals surface area contributed by atoms with Crippen molar-refractivity contribution in [1.82, 2.24) is 25.5 Å². The Labute approximate surface area is 198 Å². The molecular weight excluding hydrogens is 464 g/mol. The third-order valence-electron chi connectivity index (χ3n) is 4.96. The molecule has 4 N–H and O–H groups in total. The average molecular weight is 484 g/mol. The second kappa shape index (κ2) is 9.84. The summed E-state index contributed by atoms with van der Waals surface area (Å²) in [6, 6.07) is 10.8. The number of aromatic nitrogens is 4. The summed E-state index contributed by atoms with van der Waals surface area (Å²) in [5, 5.41) is 15.4. The second-order valence-corrected chi connectivity index (χ2v) is 7.76. The van der Waals surface area contributed by atoms with Crippen LogP contribution in [-0.4, -0.2) is 33.1 Å². The second-order valence-electron chi connectivity index (χ2n) is 7.36. The van der Waals surface area contributed by atoms with Gasteiger partial charge in [-0.1, -0.05) is 23.7 Å². The van der Waals surface area contributed by atoms with E-state index in [9.17, 15) is 13.6 Å². The molecule has 2 aromatic carbocycles. The van der Waals surface area contributed by atoms with Gasteiger partial charge in [0.1, 0.15) is 17.5 Å². The minimum absolute atomic E-state index is 0.00210. The van der Waals surface area contributed by atoms with Crippen LogP contribution in [0.5, 0.6) is 0 Å². The molecule has 4 rings (SSSR count). The molecule has 2 heterocycles. The van der Waals surface area contributed by atoms with Crippen molar-refractivity contribution in [3.8, 4) is 11.1 Å². The van der Waals surface area contributed by atoms with E-state index in [0.29, 0.717) is 22.5 Å². The molecule has 0 aliphatic rings. The fourth-order valence-electron chi connectivity index (χ4n) is 3.28. The Hall–Kier alpha value is -4.05. The van der Waals surface area contributed by atoms with Crippen LogP contribution >= 0.6 is 11.6 Å². The first kappa shape index (κ1) is 23.1. The van der Waals surface area contributed by atoms with E-state index in [1.54, 1.807) is 30.3 Å². The van der Waals surface area contributed by atoms with Crippen LogP contribution < -0.4 is 16.0 Å². The molecule has 0 unspecified atom stereocenters. The molecule has 0 atom stereocenters. The van der Waals surface area contributed by atoms with Crippen LogP contribution in [0.1, 0.15) is 21.6 Å². The van der Waals surface area contributed by atoms with Gasteiger partial charge in [0.15, 0.2) is 11.6 Å². The largest absolute Gasteiger partial charge is 0.355 e. The zero-order valence-corrected chi connectivity index (χ0v) is 19.0. The van der Waals surface area contributed by atoms with E-state index in [-0.39, 0.29) is 33.9 Å². The van der Waals surface area contributed by atoms with Gasteiger partial charge in [-0.15, -0.1) is 0 Å². The summed E-state index contributed by atoms with van der Waals surface area (Å²) in [5.41, 5.74) is 2.51. The number of carbonyl (C=O) groups is 1. The molecule has 0 aliphatic carbocycles. The minimum atomic E-state index is -0.825. The zero-order chi connectivity index (χ0) is 24.2. The van der Waals surface area contributed by atoms with E-state index < -0.39 is 12.5 Å². The molecule has 4 aromatic rings. The third kappa shape index (κ3) is 4.96. The lowest BCUT2D eigenvalue weighted by Crippen LogP contribution is -2.17. The van der Waals surface area contributed by atoms with Crippen LogP contribution in [0.25, 0.3) is 11.1 Å². The summed E-state index contributed by atoms with van der Waals surface area (Å²) in [5.74, 6) is -0.0438. The van der Waals surface area contributed by atoms with Crippen molar-refractivity contribution < 1.29 is 13.6 Å². The number of hydrogen-bond acceptors (Lipinski definition) is 6. The van der Waals surface area contributed by atoms with Gasteiger partial charge in [0, 0.05) is 24.4 Å². The number of H-pyrrole nitrogens is 1. The first-order chi connectivity index (χ1) is 16.4. The van der Waals surface area contributed by atoms with Gasteiger partial charge in [0.2, 0.25) is 5.95 Å². The summed E-state index contributed by atoms with van der Waals surface area (Å²) in [4.78, 5) is 20.1. The van der Waals surface area contributed by atoms with Crippen molar-refractivity contribution in [3.05, 3.63) is 76.3 Å². The summed E-state index contributed by atoms with van der Waals surface area (Å²) >= 11 is 6.16. The minimum Gasteiger partial charge on any atom is -0.355 e. The molecule has 0 bridgehead atoms. The van der Waals surface area contributed by atoms with Gasteiger partial charge in [-0.3, -0.25) is 9.89 Å². The molecule has 34 heavy (non-hydrogen) atoms. The number of halogens is 3. The number of anilines is 4. The van der Waals surface area contributed by atoms with E-state index in [2.05, 4.69) is 36.1 Å². The van der Waals surface area contributed by atoms with Gasteiger partial charge in [-0.2, -0.15) is 10.1 Å². The van der Waals surface area contributed by atoms with Crippen LogP contribution in [0.15, 0.2) is 48.7 Å². The lowest BCUT2D eigenvalue weighted by molar-refractivity contribution is 0.0963. The Bertz CT molecular complexity index is 1340. The highest BCUT2D eigenvalue weighted by molar-refractivity contribution is 6.32. The number of nitrogens with zero attached hydrogens (tertiary/aromatic N) is 3. The molecule has 2 aromatic heterocycles. The highest BCUT2D eigenvalue weighted by Gasteiger charge is 2.15. The van der Waals surface area contributed by atoms with Gasteiger partial charge in [0.25, 0.3) is 5.91 Å². The summed E-state index contributed by atoms with van der Waals surface area (Å²) < 4.78 is 28.8. The highest BCUT2D eigenvalue weighted by atomic mass is 35.5. The predicted molar refractivity (Wildman–Crippen MR) is 127 cm³/mol. The molecule has 8 nitrogen and oxygen atoms in total. The number of aryl methyl sites for hydroxylation is 1. The fourth-order valence-corrected chi connectivity index (χ4v) is 3.42. The predicted octanol–water partition coefficient (Wildman–Crippen LogP) is 5.28. The fraction of sp³-hybridized carbons (Fsp3) is 0.130. The Morgan fingerprint density at radius 1 is 1.15 bits per heavy atom. The number of alkyl halides is 1. The zero-order valence-electron chi connectivity index (χ0n) is 18.2. The number of aromatic amines is 1. The lowest BCUT2D eigenvalue weighted by Gasteiger charge is -2.13. The van der Waals surface area contributed by atoms with E-state index in [4.69, 9.17) is 11.6 Å². The molecule has 11 heteroatoms. The summed E-state index contributed by atoms with van der Waals surface area (Å²) in [7, 11) is 1.53. The van der Waals surface area contributed by atoms with Crippen LogP contribution in [0.4, 0.5) is 32.1 Å². The van der Waals surface area contributed by atoms with Gasteiger partial charge >= 0.3 is 0 Å². The van der Waals surface area contributed by atoms with Gasteiger partial charge in [-0.25, -0.2) is 13.8 Å². The number of hydrogen-bond donors (Lipinski definition) is 4. The first-order valence-electron chi connectivity index (χ1n) is 10.2. The third-order valence-corrected chi connectivity index (χ3v) is 5.24. The van der Waals surface area contributed by atoms with Gasteiger partial charge in [-0.05, 0) is 47.9 Å². The Morgan fingerprint density at radius 3 is 2.56 bits per heavy atom. The maximum Gasteiger partial charge on any atom is 0.251 e. The molecule has 0 saturated heterocycles. The maximum absolute atomic E-state index is 15.0. The molecule has 0 saturated carbocycles. The van der Waals surface area contributed by atoms with Crippen molar-refractivity contribution in [2.75, 3.05) is 17.7 Å².